The van der Waals surface area contributed by atoms with Crippen LogP contribution >= 0.6 is 15.9 Å². The van der Waals surface area contributed by atoms with E-state index in [0.29, 0.717) is 19.0 Å². The Balaban J connectivity index is 2.47. The molecule has 0 fully saturated rings. The number of rotatable bonds is 1. The predicted molar refractivity (Wildman–Crippen MR) is 51.1 cm³/mol. The first-order chi connectivity index (χ1) is 6.31. The lowest BCUT2D eigenvalue weighted by Crippen LogP contribution is -2.15. The topological polar surface area (TPSA) is 38.7 Å². The van der Waals surface area contributed by atoms with E-state index in [0.717, 1.165) is 15.8 Å². The molecule has 13 heavy (non-hydrogen) atoms. The molecule has 1 aromatic carbocycles. The summed E-state index contributed by atoms with van der Waals surface area (Å²) < 4.78 is 11.6. The van der Waals surface area contributed by atoms with E-state index < -0.39 is 0 Å². The summed E-state index contributed by atoms with van der Waals surface area (Å²) >= 11 is 3.36. The summed E-state index contributed by atoms with van der Waals surface area (Å²) in [5, 5.41) is 8.95. The fourth-order valence-corrected chi connectivity index (χ4v) is 1.86. The van der Waals surface area contributed by atoms with Crippen molar-refractivity contribution >= 4 is 15.9 Å². The quantitative estimate of drug-likeness (QED) is 0.818. The van der Waals surface area contributed by atoms with Crippen molar-refractivity contribution in [3.63, 3.8) is 0 Å². The van der Waals surface area contributed by atoms with Gasteiger partial charge in [-0.15, -0.1) is 0 Å². The highest BCUT2D eigenvalue weighted by molar-refractivity contribution is 9.10. The van der Waals surface area contributed by atoms with Crippen LogP contribution in [-0.4, -0.2) is 18.3 Å². The highest BCUT2D eigenvalue weighted by Gasteiger charge is 2.15. The van der Waals surface area contributed by atoms with E-state index in [9.17, 15) is 0 Å². The molecule has 0 aliphatic carbocycles. The first-order valence-corrected chi connectivity index (χ1v) is 4.79. The molecule has 70 valence electrons. The van der Waals surface area contributed by atoms with E-state index in [1.807, 2.05) is 6.07 Å². The lowest BCUT2D eigenvalue weighted by molar-refractivity contribution is 0.169. The van der Waals surface area contributed by atoms with Crippen LogP contribution in [0.1, 0.15) is 5.56 Å². The van der Waals surface area contributed by atoms with Gasteiger partial charge in [0.2, 0.25) is 0 Å². The number of fused-ring (bicyclic) bond motifs is 1. The standard InChI is InChI=1S/C9H9BrO3/c10-7-3-6(5-11)4-8-9(7)13-2-1-12-8/h3-4,11H,1-2,5H2. The zero-order valence-electron chi connectivity index (χ0n) is 6.92. The number of halogens is 1. The molecule has 1 aliphatic heterocycles. The van der Waals surface area contributed by atoms with Crippen LogP contribution in [0, 0.1) is 0 Å². The van der Waals surface area contributed by atoms with Gasteiger partial charge in [0.05, 0.1) is 11.1 Å². The molecule has 0 unspecified atom stereocenters. The summed E-state index contributed by atoms with van der Waals surface area (Å²) in [4.78, 5) is 0. The molecule has 0 radical (unpaired) electrons. The van der Waals surface area contributed by atoms with Crippen LogP contribution in [0.25, 0.3) is 0 Å². The van der Waals surface area contributed by atoms with Gasteiger partial charge in [-0.25, -0.2) is 0 Å². The normalized spacial score (nSPS) is 14.3. The first kappa shape index (κ1) is 8.84. The molecular formula is C9H9BrO3. The van der Waals surface area contributed by atoms with Gasteiger partial charge in [0.1, 0.15) is 13.2 Å². The highest BCUT2D eigenvalue weighted by Crippen LogP contribution is 2.38. The van der Waals surface area contributed by atoms with E-state index in [-0.39, 0.29) is 6.61 Å². The Morgan fingerprint density at radius 2 is 2.08 bits per heavy atom. The second-order valence-electron chi connectivity index (χ2n) is 2.76. The Bertz CT molecular complexity index is 325. The summed E-state index contributed by atoms with van der Waals surface area (Å²) in [5.74, 6) is 1.42. The fraction of sp³-hybridized carbons (Fsp3) is 0.333. The third-order valence-corrected chi connectivity index (χ3v) is 2.43. The van der Waals surface area contributed by atoms with Crippen molar-refractivity contribution in [2.75, 3.05) is 13.2 Å². The average molecular weight is 245 g/mol. The SMILES string of the molecule is OCc1cc(Br)c2c(c1)OCCO2. The Hall–Kier alpha value is -0.740. The third kappa shape index (κ3) is 1.64. The van der Waals surface area contributed by atoms with Crippen molar-refractivity contribution in [3.05, 3.63) is 22.2 Å². The zero-order chi connectivity index (χ0) is 9.26. The summed E-state index contributed by atoms with van der Waals surface area (Å²) in [6.45, 7) is 1.15. The molecule has 1 heterocycles. The van der Waals surface area contributed by atoms with Crippen LogP contribution in [0.3, 0.4) is 0 Å². The van der Waals surface area contributed by atoms with Gasteiger partial charge in [0.15, 0.2) is 11.5 Å². The van der Waals surface area contributed by atoms with Gasteiger partial charge < -0.3 is 14.6 Å². The number of ether oxygens (including phenoxy) is 2. The Kier molecular flexibility index (Phi) is 2.42. The van der Waals surface area contributed by atoms with Crippen LogP contribution < -0.4 is 9.47 Å². The number of hydrogen-bond donors (Lipinski definition) is 1. The minimum Gasteiger partial charge on any atom is -0.486 e. The molecule has 4 heteroatoms. The highest BCUT2D eigenvalue weighted by atomic mass is 79.9. The summed E-state index contributed by atoms with van der Waals surface area (Å²) in [5.41, 5.74) is 0.816. The van der Waals surface area contributed by atoms with E-state index in [4.69, 9.17) is 14.6 Å². The number of aliphatic hydroxyl groups is 1. The van der Waals surface area contributed by atoms with Gasteiger partial charge in [-0.2, -0.15) is 0 Å². The van der Waals surface area contributed by atoms with Gasteiger partial charge in [0, 0.05) is 0 Å². The first-order valence-electron chi connectivity index (χ1n) is 4.00. The second-order valence-corrected chi connectivity index (χ2v) is 3.61. The smallest absolute Gasteiger partial charge is 0.175 e. The van der Waals surface area contributed by atoms with Crippen molar-refractivity contribution in [1.29, 1.82) is 0 Å². The molecule has 1 aliphatic rings. The lowest BCUT2D eigenvalue weighted by Gasteiger charge is -2.20. The van der Waals surface area contributed by atoms with E-state index >= 15 is 0 Å². The summed E-state index contributed by atoms with van der Waals surface area (Å²) in [6, 6.07) is 3.62. The van der Waals surface area contributed by atoms with Crippen LogP contribution in [0.5, 0.6) is 11.5 Å². The molecule has 0 atom stereocenters. The van der Waals surface area contributed by atoms with Gasteiger partial charge >= 0.3 is 0 Å². The molecule has 0 spiro atoms. The minimum absolute atomic E-state index is 0.00917. The van der Waals surface area contributed by atoms with Crippen molar-refractivity contribution in [2.45, 2.75) is 6.61 Å². The van der Waals surface area contributed by atoms with Crippen LogP contribution in [0.4, 0.5) is 0 Å². The van der Waals surface area contributed by atoms with E-state index in [1.165, 1.54) is 0 Å². The van der Waals surface area contributed by atoms with Gasteiger partial charge in [0.25, 0.3) is 0 Å². The van der Waals surface area contributed by atoms with Crippen molar-refractivity contribution in [1.82, 2.24) is 0 Å². The largest absolute Gasteiger partial charge is 0.486 e. The van der Waals surface area contributed by atoms with E-state index in [2.05, 4.69) is 15.9 Å². The molecule has 0 bridgehead atoms. The fourth-order valence-electron chi connectivity index (χ4n) is 1.26. The zero-order valence-corrected chi connectivity index (χ0v) is 8.50. The van der Waals surface area contributed by atoms with Gasteiger partial charge in [-0.05, 0) is 33.6 Å². The van der Waals surface area contributed by atoms with Crippen molar-refractivity contribution in [3.8, 4) is 11.5 Å². The average Bonchev–Trinajstić information content (AvgIpc) is 2.18. The van der Waals surface area contributed by atoms with Gasteiger partial charge in [-0.3, -0.25) is 0 Å². The maximum atomic E-state index is 8.95. The maximum absolute atomic E-state index is 8.95. The minimum atomic E-state index is 0.00917. The molecule has 3 nitrogen and oxygen atoms in total. The Morgan fingerprint density at radius 1 is 1.31 bits per heavy atom. The van der Waals surface area contributed by atoms with Crippen LogP contribution in [-0.2, 0) is 6.61 Å². The van der Waals surface area contributed by atoms with E-state index in [1.54, 1.807) is 6.07 Å². The molecule has 0 amide bonds. The number of hydrogen-bond acceptors (Lipinski definition) is 3. The predicted octanol–water partition coefficient (Wildman–Crippen LogP) is 1.71. The molecule has 0 aromatic heterocycles. The molecule has 2 rings (SSSR count). The maximum Gasteiger partial charge on any atom is 0.175 e. The lowest BCUT2D eigenvalue weighted by atomic mass is 10.2. The molecule has 1 N–H and O–H groups in total. The van der Waals surface area contributed by atoms with Gasteiger partial charge in [-0.1, -0.05) is 0 Å². The van der Waals surface area contributed by atoms with Crippen molar-refractivity contribution < 1.29 is 14.6 Å². The molecule has 1 aromatic rings. The molecule has 0 saturated heterocycles. The third-order valence-electron chi connectivity index (χ3n) is 1.84. The monoisotopic (exact) mass is 244 g/mol. The molecular weight excluding hydrogens is 236 g/mol. The Morgan fingerprint density at radius 3 is 2.85 bits per heavy atom. The summed E-state index contributed by atoms with van der Waals surface area (Å²) in [6.07, 6.45) is 0. The number of benzene rings is 1. The summed E-state index contributed by atoms with van der Waals surface area (Å²) in [7, 11) is 0. The van der Waals surface area contributed by atoms with Crippen LogP contribution in [0.2, 0.25) is 0 Å². The number of aliphatic hydroxyl groups excluding tert-OH is 1. The second kappa shape index (κ2) is 3.55. The van der Waals surface area contributed by atoms with Crippen LogP contribution in [0.15, 0.2) is 16.6 Å². The van der Waals surface area contributed by atoms with Crippen molar-refractivity contribution in [2.24, 2.45) is 0 Å². The molecule has 0 saturated carbocycles. The Labute approximate surface area is 84.4 Å².